The van der Waals surface area contributed by atoms with Crippen LogP contribution in [0.2, 0.25) is 0 Å². The number of nitrogens with one attached hydrogen (secondary N) is 2. The van der Waals surface area contributed by atoms with E-state index < -0.39 is 7.14 Å². The van der Waals surface area contributed by atoms with Crippen LogP contribution >= 0.6 is 23.1 Å². The smallest absolute Gasteiger partial charge is 0.229 e. The summed E-state index contributed by atoms with van der Waals surface area (Å²) in [5.41, 5.74) is 5.81. The van der Waals surface area contributed by atoms with Crippen molar-refractivity contribution in [3.63, 3.8) is 0 Å². The van der Waals surface area contributed by atoms with Crippen LogP contribution in [-0.2, 0) is 4.57 Å². The molecule has 2 N–H and O–H groups in total. The fourth-order valence-electron chi connectivity index (χ4n) is 6.26. The lowest BCUT2D eigenvalue weighted by Gasteiger charge is -2.40. The van der Waals surface area contributed by atoms with E-state index in [9.17, 15) is 4.57 Å². The van der Waals surface area contributed by atoms with Gasteiger partial charge in [0.2, 0.25) is 5.95 Å². The number of hydrogen-bond donors (Lipinski definition) is 2. The van der Waals surface area contributed by atoms with Gasteiger partial charge < -0.3 is 24.8 Å². The average Bonchev–Trinajstić information content (AvgIpc) is 3.83. The van der Waals surface area contributed by atoms with Gasteiger partial charge in [-0.2, -0.15) is 4.98 Å². The quantitative estimate of drug-likeness (QED) is 0.179. The third kappa shape index (κ3) is 6.43. The van der Waals surface area contributed by atoms with E-state index in [0.717, 1.165) is 30.4 Å². The van der Waals surface area contributed by atoms with E-state index in [4.69, 9.17) is 9.72 Å². The number of methoxy groups -OCH3 is 1. The number of halogens is 1. The molecule has 2 aromatic heterocycles. The highest BCUT2D eigenvalue weighted by atomic mass is 79.9. The second kappa shape index (κ2) is 11.9. The Morgan fingerprint density at radius 2 is 1.70 bits per heavy atom. The standard InChI is InChI=1S/C33H41BrN7O2P/c1-33(2,3)21-11-15-41(16-12-21)27-18-28(43-4)26(17-22(27)20-7-8-20)39-32-37-19-23(34)31(40-32)38-25-10-9-24-29(36-14-13-35-24)30(25)44(5,6)42/h9-10,13-14,17-21H,7-8,11-12,15-16H2,1-6H3,(H2,37,38,39,40). The second-order valence-corrected chi connectivity index (χ2v) is 17.4. The summed E-state index contributed by atoms with van der Waals surface area (Å²) in [5, 5.41) is 7.45. The minimum absolute atomic E-state index is 0.339. The van der Waals surface area contributed by atoms with E-state index in [1.165, 1.54) is 36.9 Å². The highest BCUT2D eigenvalue weighted by Gasteiger charge is 2.33. The lowest BCUT2D eigenvalue weighted by molar-refractivity contribution is 0.199. The number of hydrogen-bond acceptors (Lipinski definition) is 9. The second-order valence-electron chi connectivity index (χ2n) is 13.4. The van der Waals surface area contributed by atoms with Crippen LogP contribution < -0.4 is 25.6 Å². The molecule has 44 heavy (non-hydrogen) atoms. The predicted molar refractivity (Wildman–Crippen MR) is 184 cm³/mol. The van der Waals surface area contributed by atoms with Crippen molar-refractivity contribution >= 4 is 68.2 Å². The number of piperidine rings is 1. The summed E-state index contributed by atoms with van der Waals surface area (Å²) in [4.78, 5) is 20.8. The molecule has 0 atom stereocenters. The Kier molecular flexibility index (Phi) is 8.35. The van der Waals surface area contributed by atoms with E-state index in [2.05, 4.69) is 79.3 Å². The van der Waals surface area contributed by atoms with Crippen LogP contribution in [0.25, 0.3) is 11.0 Å². The van der Waals surface area contributed by atoms with E-state index in [0.29, 0.717) is 49.6 Å². The molecule has 2 aromatic carbocycles. The first-order valence-corrected chi connectivity index (χ1v) is 18.6. The van der Waals surface area contributed by atoms with Crippen LogP contribution in [0.5, 0.6) is 5.75 Å². The van der Waals surface area contributed by atoms with Crippen LogP contribution in [-0.4, -0.2) is 53.5 Å². The minimum Gasteiger partial charge on any atom is -0.494 e. The fourth-order valence-corrected chi connectivity index (χ4v) is 7.95. The Labute approximate surface area is 268 Å². The van der Waals surface area contributed by atoms with Gasteiger partial charge in [-0.15, -0.1) is 0 Å². The molecule has 2 aliphatic rings. The van der Waals surface area contributed by atoms with Gasteiger partial charge in [-0.05, 0) is 96.0 Å². The van der Waals surface area contributed by atoms with Gasteiger partial charge in [0.05, 0.1) is 33.8 Å². The summed E-state index contributed by atoms with van der Waals surface area (Å²) in [6.45, 7) is 12.7. The molecule has 1 saturated carbocycles. The molecule has 9 nitrogen and oxygen atoms in total. The number of benzene rings is 2. The number of rotatable bonds is 8. The number of aromatic nitrogens is 4. The van der Waals surface area contributed by atoms with Gasteiger partial charge in [0, 0.05) is 43.4 Å². The highest BCUT2D eigenvalue weighted by molar-refractivity contribution is 9.10. The molecule has 0 unspecified atom stereocenters. The van der Waals surface area contributed by atoms with Crippen molar-refractivity contribution in [3.05, 3.63) is 52.9 Å². The first kappa shape index (κ1) is 30.8. The Bertz CT molecular complexity index is 1740. The van der Waals surface area contributed by atoms with Crippen molar-refractivity contribution in [3.8, 4) is 5.75 Å². The van der Waals surface area contributed by atoms with E-state index >= 15 is 0 Å². The molecule has 0 radical (unpaired) electrons. The van der Waals surface area contributed by atoms with Gasteiger partial charge in [-0.25, -0.2) is 4.98 Å². The maximum absolute atomic E-state index is 13.4. The fraction of sp³-hybridized carbons (Fsp3) is 0.455. The number of nitrogens with zero attached hydrogens (tertiary/aromatic N) is 5. The van der Waals surface area contributed by atoms with Crippen molar-refractivity contribution in [2.24, 2.45) is 11.3 Å². The predicted octanol–water partition coefficient (Wildman–Crippen LogP) is 8.07. The molecule has 2 fully saturated rings. The van der Waals surface area contributed by atoms with Gasteiger partial charge >= 0.3 is 0 Å². The van der Waals surface area contributed by atoms with E-state index in [1.54, 1.807) is 39.0 Å². The molecule has 4 aromatic rings. The third-order valence-electron chi connectivity index (χ3n) is 8.82. The molecule has 3 heterocycles. The van der Waals surface area contributed by atoms with Gasteiger partial charge in [0.1, 0.15) is 24.2 Å². The zero-order valence-corrected chi connectivity index (χ0v) is 28.8. The van der Waals surface area contributed by atoms with Crippen LogP contribution in [0.1, 0.15) is 57.9 Å². The summed E-state index contributed by atoms with van der Waals surface area (Å²) in [6, 6.07) is 8.16. The lowest BCUT2D eigenvalue weighted by atomic mass is 9.75. The molecule has 0 bridgehead atoms. The van der Waals surface area contributed by atoms with Gasteiger partial charge in [0.25, 0.3) is 0 Å². The summed E-state index contributed by atoms with van der Waals surface area (Å²) < 4.78 is 20.0. The largest absolute Gasteiger partial charge is 0.494 e. The number of ether oxygens (including phenoxy) is 1. The topological polar surface area (TPSA) is 105 Å². The monoisotopic (exact) mass is 677 g/mol. The van der Waals surface area contributed by atoms with Crippen LogP contribution in [0, 0.1) is 11.3 Å². The molecule has 0 spiro atoms. The molecular formula is C33H41BrN7O2P. The normalized spacial score (nSPS) is 16.3. The average molecular weight is 679 g/mol. The first-order chi connectivity index (χ1) is 20.9. The van der Waals surface area contributed by atoms with Crippen molar-refractivity contribution in [1.82, 2.24) is 19.9 Å². The molecule has 1 saturated heterocycles. The number of fused-ring (bicyclic) bond motifs is 1. The summed E-state index contributed by atoms with van der Waals surface area (Å²) in [5.74, 6) is 3.03. The van der Waals surface area contributed by atoms with E-state index in [-0.39, 0.29) is 0 Å². The third-order valence-corrected chi connectivity index (χ3v) is 10.9. The zero-order valence-electron chi connectivity index (χ0n) is 26.3. The Balaban J connectivity index is 1.30. The van der Waals surface area contributed by atoms with Gasteiger partial charge in [-0.1, -0.05) is 20.8 Å². The zero-order chi connectivity index (χ0) is 31.2. The SMILES string of the molecule is COc1cc(N2CCC(C(C)(C)C)CC2)c(C2CC2)cc1Nc1ncc(Br)c(Nc2ccc3nccnc3c2P(C)(C)=O)n1. The first-order valence-electron chi connectivity index (χ1n) is 15.2. The summed E-state index contributed by atoms with van der Waals surface area (Å²) in [6.07, 6.45) is 9.78. The van der Waals surface area contributed by atoms with Crippen molar-refractivity contribution in [2.75, 3.05) is 49.1 Å². The Morgan fingerprint density at radius 3 is 2.36 bits per heavy atom. The molecule has 11 heteroatoms. The van der Waals surface area contributed by atoms with Crippen molar-refractivity contribution in [2.45, 2.75) is 52.4 Å². The van der Waals surface area contributed by atoms with Crippen LogP contribution in [0.15, 0.2) is 47.3 Å². The van der Waals surface area contributed by atoms with E-state index in [1.807, 2.05) is 12.1 Å². The molecule has 6 rings (SSSR count). The van der Waals surface area contributed by atoms with Crippen molar-refractivity contribution < 1.29 is 9.30 Å². The molecule has 0 amide bonds. The summed E-state index contributed by atoms with van der Waals surface area (Å²) >= 11 is 3.59. The van der Waals surface area contributed by atoms with Crippen molar-refractivity contribution in [1.29, 1.82) is 0 Å². The van der Waals surface area contributed by atoms with Crippen LogP contribution in [0.3, 0.4) is 0 Å². The molecule has 232 valence electrons. The number of anilines is 5. The lowest BCUT2D eigenvalue weighted by Crippen LogP contribution is -2.38. The maximum Gasteiger partial charge on any atom is 0.229 e. The molecular weight excluding hydrogens is 637 g/mol. The maximum atomic E-state index is 13.4. The van der Waals surface area contributed by atoms with Crippen LogP contribution in [0.4, 0.5) is 28.8 Å². The highest BCUT2D eigenvalue weighted by Crippen LogP contribution is 2.49. The minimum atomic E-state index is -2.73. The molecule has 1 aliphatic carbocycles. The summed E-state index contributed by atoms with van der Waals surface area (Å²) in [7, 11) is -1.02. The molecule has 1 aliphatic heterocycles. The Morgan fingerprint density at radius 1 is 0.977 bits per heavy atom. The Hall–Kier alpha value is -3.23. The van der Waals surface area contributed by atoms with Gasteiger partial charge in [0.15, 0.2) is 0 Å². The van der Waals surface area contributed by atoms with Gasteiger partial charge in [-0.3, -0.25) is 9.97 Å².